The van der Waals surface area contributed by atoms with Gasteiger partial charge < -0.3 is 9.47 Å². The van der Waals surface area contributed by atoms with Gasteiger partial charge in [0.15, 0.2) is 0 Å². The van der Waals surface area contributed by atoms with Crippen LogP contribution in [-0.2, 0) is 13.6 Å². The Kier molecular flexibility index (Phi) is 3.70. The van der Waals surface area contributed by atoms with Gasteiger partial charge in [-0.3, -0.25) is 9.59 Å². The summed E-state index contributed by atoms with van der Waals surface area (Å²) >= 11 is 0. The monoisotopic (exact) mass is 258 g/mol. The molecule has 98 valence electrons. The summed E-state index contributed by atoms with van der Waals surface area (Å²) in [5.41, 5.74) is 1.16. The second-order valence-electron chi connectivity index (χ2n) is 4.24. The van der Waals surface area contributed by atoms with Crippen LogP contribution in [0.15, 0.2) is 41.7 Å². The lowest BCUT2D eigenvalue weighted by molar-refractivity contribution is 0.0779. The number of amides is 1. The molecule has 0 bridgehead atoms. The van der Waals surface area contributed by atoms with Crippen molar-refractivity contribution in [3.05, 3.63) is 58.5 Å². The highest BCUT2D eigenvalue weighted by Gasteiger charge is 2.13. The van der Waals surface area contributed by atoms with Crippen molar-refractivity contribution in [3.63, 3.8) is 0 Å². The SMILES string of the molecule is CN(Cc1ccc(=O)n(C)c1)C(=O)c1ccncn1. The molecule has 6 nitrogen and oxygen atoms in total. The summed E-state index contributed by atoms with van der Waals surface area (Å²) in [5.74, 6) is -0.184. The fourth-order valence-electron chi connectivity index (χ4n) is 1.70. The van der Waals surface area contributed by atoms with Gasteiger partial charge in [0, 0.05) is 39.1 Å². The van der Waals surface area contributed by atoms with Crippen LogP contribution in [0.5, 0.6) is 0 Å². The van der Waals surface area contributed by atoms with E-state index in [4.69, 9.17) is 0 Å². The average Bonchev–Trinajstić information content (AvgIpc) is 2.43. The highest BCUT2D eigenvalue weighted by molar-refractivity contribution is 5.91. The van der Waals surface area contributed by atoms with Crippen LogP contribution >= 0.6 is 0 Å². The highest BCUT2D eigenvalue weighted by Crippen LogP contribution is 2.04. The van der Waals surface area contributed by atoms with Crippen molar-refractivity contribution in [3.8, 4) is 0 Å². The molecule has 0 saturated carbocycles. The van der Waals surface area contributed by atoms with Gasteiger partial charge in [0.1, 0.15) is 12.0 Å². The standard InChI is InChI=1S/C13H14N4O2/c1-16-7-10(3-4-12(16)18)8-17(2)13(19)11-5-6-14-9-15-11/h3-7,9H,8H2,1-2H3. The number of nitrogens with zero attached hydrogens (tertiary/aromatic N) is 4. The molecule has 0 aliphatic carbocycles. The third-order valence-corrected chi connectivity index (χ3v) is 2.71. The van der Waals surface area contributed by atoms with Gasteiger partial charge in [-0.2, -0.15) is 0 Å². The lowest BCUT2D eigenvalue weighted by atomic mass is 10.2. The van der Waals surface area contributed by atoms with Crippen LogP contribution in [0.3, 0.4) is 0 Å². The maximum Gasteiger partial charge on any atom is 0.272 e. The number of pyridine rings is 1. The Hall–Kier alpha value is -2.50. The molecule has 2 heterocycles. The molecular formula is C13H14N4O2. The molecule has 0 aromatic carbocycles. The van der Waals surface area contributed by atoms with Crippen LogP contribution in [0.4, 0.5) is 0 Å². The van der Waals surface area contributed by atoms with Gasteiger partial charge in [0.2, 0.25) is 5.56 Å². The Balaban J connectivity index is 2.13. The van der Waals surface area contributed by atoms with Gasteiger partial charge in [0.05, 0.1) is 0 Å². The molecule has 19 heavy (non-hydrogen) atoms. The Labute approximate surface area is 110 Å². The summed E-state index contributed by atoms with van der Waals surface area (Å²) in [6.07, 6.45) is 4.58. The van der Waals surface area contributed by atoms with Crippen molar-refractivity contribution in [2.24, 2.45) is 7.05 Å². The molecule has 0 atom stereocenters. The summed E-state index contributed by atoms with van der Waals surface area (Å²) < 4.78 is 1.48. The van der Waals surface area contributed by atoms with Crippen LogP contribution in [0.25, 0.3) is 0 Å². The zero-order chi connectivity index (χ0) is 13.8. The zero-order valence-electron chi connectivity index (χ0n) is 10.8. The molecule has 0 spiro atoms. The first kappa shape index (κ1) is 12.9. The Bertz CT molecular complexity index is 637. The molecule has 2 aromatic rings. The van der Waals surface area contributed by atoms with E-state index >= 15 is 0 Å². The van der Waals surface area contributed by atoms with E-state index in [0.717, 1.165) is 5.56 Å². The number of rotatable bonds is 3. The first-order chi connectivity index (χ1) is 9.08. The third-order valence-electron chi connectivity index (χ3n) is 2.71. The van der Waals surface area contributed by atoms with Crippen molar-refractivity contribution < 1.29 is 4.79 Å². The molecule has 1 amide bonds. The maximum absolute atomic E-state index is 12.1. The largest absolute Gasteiger partial charge is 0.336 e. The van der Waals surface area contributed by atoms with Crippen molar-refractivity contribution in [2.45, 2.75) is 6.54 Å². The van der Waals surface area contributed by atoms with Gasteiger partial charge in [0.25, 0.3) is 5.91 Å². The van der Waals surface area contributed by atoms with Crippen molar-refractivity contribution in [1.82, 2.24) is 19.4 Å². The summed E-state index contributed by atoms with van der Waals surface area (Å²) in [6, 6.07) is 4.77. The van der Waals surface area contributed by atoms with Crippen molar-refractivity contribution in [2.75, 3.05) is 7.05 Å². The van der Waals surface area contributed by atoms with Crippen LogP contribution in [0.1, 0.15) is 16.1 Å². The van der Waals surface area contributed by atoms with Gasteiger partial charge in [-0.1, -0.05) is 6.07 Å². The molecule has 0 aliphatic heterocycles. The van der Waals surface area contributed by atoms with Crippen LogP contribution in [0, 0.1) is 0 Å². The van der Waals surface area contributed by atoms with E-state index in [2.05, 4.69) is 9.97 Å². The minimum Gasteiger partial charge on any atom is -0.336 e. The van der Waals surface area contributed by atoms with E-state index in [9.17, 15) is 9.59 Å². The number of aryl methyl sites for hydroxylation is 1. The van der Waals surface area contributed by atoms with Crippen LogP contribution in [0.2, 0.25) is 0 Å². The van der Waals surface area contributed by atoms with E-state index in [0.29, 0.717) is 12.2 Å². The van der Waals surface area contributed by atoms with Crippen molar-refractivity contribution in [1.29, 1.82) is 0 Å². The number of hydrogen-bond acceptors (Lipinski definition) is 4. The average molecular weight is 258 g/mol. The number of carbonyl (C=O) groups is 1. The topological polar surface area (TPSA) is 68.1 Å². The van der Waals surface area contributed by atoms with Crippen LogP contribution in [-0.4, -0.2) is 32.4 Å². The molecule has 2 aromatic heterocycles. The molecule has 0 saturated heterocycles. The first-order valence-corrected chi connectivity index (χ1v) is 5.75. The predicted octanol–water partition coefficient (Wildman–Crippen LogP) is 0.448. The van der Waals surface area contributed by atoms with Gasteiger partial charge in [-0.05, 0) is 11.6 Å². The second-order valence-corrected chi connectivity index (χ2v) is 4.24. The normalized spacial score (nSPS) is 10.2. The van der Waals surface area contributed by atoms with E-state index < -0.39 is 0 Å². The fourth-order valence-corrected chi connectivity index (χ4v) is 1.70. The lowest BCUT2D eigenvalue weighted by Crippen LogP contribution is -2.27. The zero-order valence-corrected chi connectivity index (χ0v) is 10.8. The molecule has 6 heteroatoms. The Morgan fingerprint density at radius 3 is 2.79 bits per heavy atom. The summed E-state index contributed by atoms with van der Waals surface area (Å²) in [4.78, 5) is 32.6. The summed E-state index contributed by atoms with van der Waals surface area (Å²) in [7, 11) is 3.37. The van der Waals surface area contributed by atoms with E-state index in [1.165, 1.54) is 23.2 Å². The van der Waals surface area contributed by atoms with E-state index in [1.54, 1.807) is 37.3 Å². The molecule has 0 radical (unpaired) electrons. The summed E-state index contributed by atoms with van der Waals surface area (Å²) in [5, 5.41) is 0. The molecule has 0 unspecified atom stereocenters. The molecule has 0 aliphatic rings. The molecule has 2 rings (SSSR count). The highest BCUT2D eigenvalue weighted by atomic mass is 16.2. The van der Waals surface area contributed by atoms with E-state index in [-0.39, 0.29) is 11.5 Å². The van der Waals surface area contributed by atoms with Gasteiger partial charge >= 0.3 is 0 Å². The Morgan fingerprint density at radius 2 is 2.16 bits per heavy atom. The predicted molar refractivity (Wildman–Crippen MR) is 69.5 cm³/mol. The van der Waals surface area contributed by atoms with E-state index in [1.807, 2.05) is 0 Å². The minimum absolute atomic E-state index is 0.0754. The van der Waals surface area contributed by atoms with Crippen molar-refractivity contribution >= 4 is 5.91 Å². The van der Waals surface area contributed by atoms with Crippen LogP contribution < -0.4 is 5.56 Å². The number of hydrogen-bond donors (Lipinski definition) is 0. The second kappa shape index (κ2) is 5.43. The summed E-state index contributed by atoms with van der Waals surface area (Å²) in [6.45, 7) is 0.414. The fraction of sp³-hybridized carbons (Fsp3) is 0.231. The smallest absolute Gasteiger partial charge is 0.272 e. The molecular weight excluding hydrogens is 244 g/mol. The first-order valence-electron chi connectivity index (χ1n) is 5.75. The quantitative estimate of drug-likeness (QED) is 0.801. The minimum atomic E-state index is -0.184. The number of aromatic nitrogens is 3. The lowest BCUT2D eigenvalue weighted by Gasteiger charge is -2.16. The van der Waals surface area contributed by atoms with Gasteiger partial charge in [-0.25, -0.2) is 9.97 Å². The number of carbonyl (C=O) groups excluding carboxylic acids is 1. The molecule has 0 fully saturated rings. The maximum atomic E-state index is 12.1. The Morgan fingerprint density at radius 1 is 1.37 bits per heavy atom. The third kappa shape index (κ3) is 3.04. The molecule has 0 N–H and O–H groups in total. The van der Waals surface area contributed by atoms with Gasteiger partial charge in [-0.15, -0.1) is 0 Å².